The molecule has 0 saturated heterocycles. The molecule has 21 heteroatoms. The second kappa shape index (κ2) is 26.2. The van der Waals surface area contributed by atoms with Crippen molar-refractivity contribution < 1.29 is 57.3 Å². The highest BCUT2D eigenvalue weighted by atomic mass is 33.1. The third-order valence-corrected chi connectivity index (χ3v) is 13.5. The molecule has 4 amide bonds. The van der Waals surface area contributed by atoms with Gasteiger partial charge in [-0.2, -0.15) is 0 Å². The maximum atomic E-state index is 12.5. The third-order valence-electron chi connectivity index (χ3n) is 6.73. The molecule has 0 aliphatic heterocycles. The number of pyridine rings is 1. The van der Waals surface area contributed by atoms with E-state index in [0.717, 1.165) is 5.03 Å². The number of carbonyl (C=O) groups excluding carboxylic acids is 5. The Labute approximate surface area is 309 Å². The maximum absolute atomic E-state index is 12.5. The van der Waals surface area contributed by atoms with Crippen molar-refractivity contribution >= 4 is 67.8 Å². The molecule has 0 aliphatic rings. The van der Waals surface area contributed by atoms with Crippen molar-refractivity contribution in [1.29, 1.82) is 0 Å². The van der Waals surface area contributed by atoms with Gasteiger partial charge in [0.05, 0.1) is 33.5 Å². The molecular weight excluding hydrogens is 743 g/mol. The smallest absolute Gasteiger partial charge is 0.330 e. The zero-order chi connectivity index (χ0) is 38.1. The first-order valence-corrected chi connectivity index (χ1v) is 24.9. The lowest BCUT2D eigenvalue weighted by Crippen LogP contribution is -2.49. The van der Waals surface area contributed by atoms with Crippen LogP contribution in [0, 0.1) is 0 Å². The molecule has 0 aliphatic carbocycles. The SMILES string of the molecule is COCC(NC(=O)CC[Si](C)(C)OOCCO[Si](C)(C)CCC(=O)NC(CO)C(=O)NOCCNC(=O)CCSSc1ccccn1)C(=O)OC. The molecule has 0 aromatic carbocycles. The molecule has 0 spiro atoms. The number of hydrogen-bond donors (Lipinski definition) is 5. The number of rotatable bonds is 28. The number of carbonyl (C=O) groups is 5. The number of nitrogens with one attached hydrogen (secondary N) is 4. The quantitative estimate of drug-likeness (QED) is 0.0202. The van der Waals surface area contributed by atoms with Gasteiger partial charge in [0.1, 0.15) is 17.7 Å². The minimum atomic E-state index is -2.37. The van der Waals surface area contributed by atoms with Crippen LogP contribution in [-0.4, -0.2) is 128 Å². The number of nitrogens with zero attached hydrogens (tertiary/aromatic N) is 1. The van der Waals surface area contributed by atoms with Gasteiger partial charge < -0.3 is 35.0 Å². The summed E-state index contributed by atoms with van der Waals surface area (Å²) in [6.07, 6.45) is 2.23. The number of amides is 4. The molecule has 0 fully saturated rings. The standard InChI is InChI=1S/C30H53N5O12S2Si2/c1-42-22-24(30(41)43-2)34-27(39)12-20-51(5,6)47-45-16-17-46-50(3,4)19-11-26(38)33-23(21-36)29(40)35-44-15-14-31-25(37)10-18-48-49-28-9-7-8-13-32-28/h7-9,13,23-24,36H,10-12,14-22H2,1-6H3,(H,31,37)(H,33,38)(H,34,39)(H,35,40). The number of ether oxygens (including phenoxy) is 2. The van der Waals surface area contributed by atoms with Crippen LogP contribution in [0.4, 0.5) is 0 Å². The molecular formula is C30H53N5O12S2Si2. The fraction of sp³-hybridized carbons (Fsp3) is 0.667. The minimum Gasteiger partial charge on any atom is -0.467 e. The largest absolute Gasteiger partial charge is 0.467 e. The number of aromatic nitrogens is 1. The zero-order valence-electron chi connectivity index (χ0n) is 30.2. The van der Waals surface area contributed by atoms with E-state index in [1.807, 2.05) is 44.4 Å². The molecule has 1 aromatic rings. The van der Waals surface area contributed by atoms with E-state index in [2.05, 4.69) is 31.2 Å². The predicted octanol–water partition coefficient (Wildman–Crippen LogP) is 1.31. The number of aliphatic hydroxyl groups is 1. The van der Waals surface area contributed by atoms with Crippen molar-refractivity contribution in [1.82, 2.24) is 26.4 Å². The van der Waals surface area contributed by atoms with Gasteiger partial charge in [-0.25, -0.2) is 20.1 Å². The summed E-state index contributed by atoms with van der Waals surface area (Å²) in [4.78, 5) is 75.5. The molecule has 1 heterocycles. The van der Waals surface area contributed by atoms with Crippen molar-refractivity contribution in [3.05, 3.63) is 24.4 Å². The van der Waals surface area contributed by atoms with Crippen molar-refractivity contribution in [2.24, 2.45) is 0 Å². The van der Waals surface area contributed by atoms with Crippen LogP contribution in [0.5, 0.6) is 0 Å². The molecule has 5 N–H and O–H groups in total. The summed E-state index contributed by atoms with van der Waals surface area (Å²) in [5.41, 5.74) is 2.18. The number of methoxy groups -OCH3 is 2. The second-order valence-electron chi connectivity index (χ2n) is 12.2. The lowest BCUT2D eigenvalue weighted by atomic mass is 10.3. The molecule has 0 radical (unpaired) electrons. The first-order valence-electron chi connectivity index (χ1n) is 16.3. The van der Waals surface area contributed by atoms with Crippen LogP contribution in [0.25, 0.3) is 0 Å². The van der Waals surface area contributed by atoms with Gasteiger partial charge in [-0.05, 0) is 61.2 Å². The van der Waals surface area contributed by atoms with Crippen LogP contribution in [0.3, 0.4) is 0 Å². The maximum Gasteiger partial charge on any atom is 0.330 e. The van der Waals surface area contributed by atoms with Gasteiger partial charge >= 0.3 is 5.97 Å². The zero-order valence-corrected chi connectivity index (χ0v) is 33.8. The highest BCUT2D eigenvalue weighted by molar-refractivity contribution is 8.76. The van der Waals surface area contributed by atoms with Crippen LogP contribution >= 0.6 is 21.6 Å². The topological polar surface area (TPSA) is 222 Å². The molecule has 2 atom stereocenters. The van der Waals surface area contributed by atoms with E-state index in [1.54, 1.807) is 6.20 Å². The average molecular weight is 796 g/mol. The van der Waals surface area contributed by atoms with Gasteiger partial charge in [-0.15, -0.1) is 0 Å². The van der Waals surface area contributed by atoms with E-state index >= 15 is 0 Å². The summed E-state index contributed by atoms with van der Waals surface area (Å²) in [6.45, 7) is 7.56. The van der Waals surface area contributed by atoms with Crippen molar-refractivity contribution in [2.75, 3.05) is 59.6 Å². The molecule has 1 aromatic heterocycles. The number of hydrogen-bond acceptors (Lipinski definition) is 15. The second-order valence-corrected chi connectivity index (χ2v) is 23.1. The van der Waals surface area contributed by atoms with Gasteiger partial charge in [-0.1, -0.05) is 16.9 Å². The fourth-order valence-electron chi connectivity index (χ4n) is 3.86. The van der Waals surface area contributed by atoms with E-state index in [-0.39, 0.29) is 57.6 Å². The van der Waals surface area contributed by atoms with Crippen LogP contribution in [-0.2, 0) is 52.2 Å². The van der Waals surface area contributed by atoms with Crippen LogP contribution in [0.2, 0.25) is 38.3 Å². The summed E-state index contributed by atoms with van der Waals surface area (Å²) >= 11 is 0. The molecule has 17 nitrogen and oxygen atoms in total. The highest BCUT2D eigenvalue weighted by Gasteiger charge is 2.29. The summed E-state index contributed by atoms with van der Waals surface area (Å²) in [7, 11) is 1.00. The Hall–Kier alpha value is -2.61. The van der Waals surface area contributed by atoms with E-state index < -0.39 is 53.1 Å². The Balaban J connectivity index is 2.21. The summed E-state index contributed by atoms with van der Waals surface area (Å²) in [6, 6.07) is 4.41. The number of esters is 1. The Morgan fingerprint density at radius 1 is 0.882 bits per heavy atom. The lowest BCUT2D eigenvalue weighted by Gasteiger charge is -2.24. The monoisotopic (exact) mass is 795 g/mol. The van der Waals surface area contributed by atoms with Gasteiger partial charge in [0.2, 0.25) is 26.0 Å². The van der Waals surface area contributed by atoms with E-state index in [1.165, 1.54) is 35.8 Å². The molecule has 0 bridgehead atoms. The lowest BCUT2D eigenvalue weighted by molar-refractivity contribution is -0.222. The van der Waals surface area contributed by atoms with Gasteiger partial charge in [0.15, 0.2) is 14.4 Å². The Morgan fingerprint density at radius 3 is 2.20 bits per heavy atom. The van der Waals surface area contributed by atoms with E-state index in [4.69, 9.17) is 23.5 Å². The van der Waals surface area contributed by atoms with E-state index in [0.29, 0.717) is 24.3 Å². The summed E-state index contributed by atoms with van der Waals surface area (Å²) < 4.78 is 21.2. The van der Waals surface area contributed by atoms with Gasteiger partial charge in [0.25, 0.3) is 5.91 Å². The van der Waals surface area contributed by atoms with E-state index in [9.17, 15) is 29.1 Å². The molecule has 1 rings (SSSR count). The Morgan fingerprint density at radius 2 is 1.57 bits per heavy atom. The van der Waals surface area contributed by atoms with Crippen LogP contribution in [0.15, 0.2) is 29.4 Å². The minimum absolute atomic E-state index is 0.00182. The summed E-state index contributed by atoms with van der Waals surface area (Å²) in [5.74, 6) is -1.65. The number of hydroxylamine groups is 1. The average Bonchev–Trinajstić information content (AvgIpc) is 3.10. The van der Waals surface area contributed by atoms with Gasteiger partial charge in [0, 0.05) is 44.9 Å². The van der Waals surface area contributed by atoms with Crippen molar-refractivity contribution in [2.45, 2.75) is 74.6 Å². The highest BCUT2D eigenvalue weighted by Crippen LogP contribution is 2.29. The number of aliphatic hydroxyl groups excluding tert-OH is 1. The first kappa shape index (κ1) is 46.4. The first-order chi connectivity index (χ1) is 24.2. The molecule has 290 valence electrons. The van der Waals surface area contributed by atoms with Gasteiger partial charge in [-0.3, -0.25) is 28.6 Å². The van der Waals surface area contributed by atoms with Crippen molar-refractivity contribution in [3.8, 4) is 0 Å². The fourth-order valence-corrected chi connectivity index (χ4v) is 8.65. The normalized spacial score (nSPS) is 12.8. The van der Waals surface area contributed by atoms with Crippen LogP contribution in [0.1, 0.15) is 19.3 Å². The summed E-state index contributed by atoms with van der Waals surface area (Å²) in [5, 5.41) is 18.2. The Bertz CT molecular complexity index is 1210. The Kier molecular flexibility index (Phi) is 23.8. The predicted molar refractivity (Wildman–Crippen MR) is 196 cm³/mol. The molecule has 0 saturated carbocycles. The molecule has 51 heavy (non-hydrogen) atoms. The molecule has 2 unspecified atom stereocenters. The van der Waals surface area contributed by atoms with Crippen LogP contribution < -0.4 is 21.4 Å². The third kappa shape index (κ3) is 22.8. The van der Waals surface area contributed by atoms with Crippen molar-refractivity contribution in [3.63, 3.8) is 0 Å².